The van der Waals surface area contributed by atoms with E-state index in [0.29, 0.717) is 6.61 Å². The van der Waals surface area contributed by atoms with Crippen LogP contribution in [0, 0.1) is 0 Å². The van der Waals surface area contributed by atoms with Crippen molar-refractivity contribution < 1.29 is 9.30 Å². The molecule has 0 radical (unpaired) electrons. The Balaban J connectivity index is 1.84. The summed E-state index contributed by atoms with van der Waals surface area (Å²) in [7, 11) is 0. The standard InChI is InChI=1S/C24H27N2OS/c1-24(2)16-21-20(17-27-24)23(28-3)25-22(19-12-8-5-9-13-19)26(21)15-14-18-10-6-4-7-11-18/h4-13H,14-17H2,1-3H3/q+1. The molecule has 3 nitrogen and oxygen atoms in total. The van der Waals surface area contributed by atoms with Gasteiger partial charge < -0.3 is 4.74 Å². The Kier molecular flexibility index (Phi) is 5.51. The fourth-order valence-corrected chi connectivity index (χ4v) is 4.41. The van der Waals surface area contributed by atoms with Gasteiger partial charge in [0.05, 0.1) is 29.9 Å². The van der Waals surface area contributed by atoms with Crippen LogP contribution in [0.15, 0.2) is 65.7 Å². The molecule has 0 atom stereocenters. The first kappa shape index (κ1) is 19.2. The zero-order valence-corrected chi connectivity index (χ0v) is 17.6. The van der Waals surface area contributed by atoms with E-state index in [9.17, 15) is 0 Å². The molecular formula is C24H27N2OS+. The van der Waals surface area contributed by atoms with Crippen molar-refractivity contribution in [2.75, 3.05) is 6.26 Å². The first-order chi connectivity index (χ1) is 13.6. The Morgan fingerprint density at radius 3 is 2.39 bits per heavy atom. The van der Waals surface area contributed by atoms with Gasteiger partial charge in [-0.3, -0.25) is 0 Å². The van der Waals surface area contributed by atoms with Crippen LogP contribution in [-0.4, -0.2) is 16.8 Å². The molecule has 0 unspecified atom stereocenters. The molecule has 4 heteroatoms. The normalized spacial score (nSPS) is 15.2. The van der Waals surface area contributed by atoms with E-state index in [2.05, 4.69) is 85.3 Å². The topological polar surface area (TPSA) is 26.0 Å². The molecule has 144 valence electrons. The molecule has 1 aliphatic heterocycles. The van der Waals surface area contributed by atoms with Gasteiger partial charge in [-0.1, -0.05) is 60.3 Å². The molecule has 3 aromatic rings. The van der Waals surface area contributed by atoms with E-state index in [1.807, 2.05) is 0 Å². The van der Waals surface area contributed by atoms with Gasteiger partial charge in [0.1, 0.15) is 5.69 Å². The number of hydrogen-bond donors (Lipinski definition) is 0. The summed E-state index contributed by atoms with van der Waals surface area (Å²) in [6.07, 6.45) is 3.98. The van der Waals surface area contributed by atoms with Gasteiger partial charge in [-0.15, -0.1) is 0 Å². The van der Waals surface area contributed by atoms with E-state index < -0.39 is 0 Å². The van der Waals surface area contributed by atoms with Crippen LogP contribution in [0.3, 0.4) is 0 Å². The van der Waals surface area contributed by atoms with E-state index in [0.717, 1.165) is 35.8 Å². The highest BCUT2D eigenvalue weighted by molar-refractivity contribution is 7.98. The molecule has 0 spiro atoms. The molecule has 0 aliphatic carbocycles. The first-order valence-corrected chi connectivity index (χ1v) is 11.0. The van der Waals surface area contributed by atoms with Crippen LogP contribution >= 0.6 is 11.8 Å². The summed E-state index contributed by atoms with van der Waals surface area (Å²) in [5.74, 6) is 1.05. The van der Waals surface area contributed by atoms with Crippen LogP contribution in [0.1, 0.15) is 30.7 Å². The molecule has 0 fully saturated rings. The number of aryl methyl sites for hydroxylation is 1. The Bertz CT molecular complexity index is 955. The van der Waals surface area contributed by atoms with Crippen LogP contribution in [0.25, 0.3) is 11.4 Å². The third-order valence-electron chi connectivity index (χ3n) is 5.29. The predicted octanol–water partition coefficient (Wildman–Crippen LogP) is 4.85. The summed E-state index contributed by atoms with van der Waals surface area (Å²) >= 11 is 1.71. The quantitative estimate of drug-likeness (QED) is 0.353. The molecule has 0 saturated heterocycles. The van der Waals surface area contributed by atoms with Gasteiger partial charge in [-0.2, -0.15) is 0 Å². The van der Waals surface area contributed by atoms with Crippen LogP contribution in [0.5, 0.6) is 0 Å². The zero-order valence-electron chi connectivity index (χ0n) is 16.8. The second-order valence-corrected chi connectivity index (χ2v) is 8.64. The van der Waals surface area contributed by atoms with Crippen molar-refractivity contribution in [3.05, 3.63) is 77.5 Å². The summed E-state index contributed by atoms with van der Waals surface area (Å²) in [4.78, 5) is 5.08. The summed E-state index contributed by atoms with van der Waals surface area (Å²) in [6.45, 7) is 5.90. The number of ether oxygens (including phenoxy) is 1. The van der Waals surface area contributed by atoms with E-state index in [1.165, 1.54) is 16.8 Å². The van der Waals surface area contributed by atoms with E-state index in [-0.39, 0.29) is 5.60 Å². The summed E-state index contributed by atoms with van der Waals surface area (Å²) in [5.41, 5.74) is 4.97. The van der Waals surface area contributed by atoms with Gasteiger partial charge in [-0.05, 0) is 42.8 Å². The Hall–Kier alpha value is -2.17. The number of nitrogens with zero attached hydrogens (tertiary/aromatic N) is 2. The van der Waals surface area contributed by atoms with Gasteiger partial charge in [-0.25, -0.2) is 4.57 Å². The molecule has 0 amide bonds. The highest BCUT2D eigenvalue weighted by atomic mass is 32.2. The molecule has 1 aliphatic rings. The number of thioether (sulfide) groups is 1. The number of rotatable bonds is 5. The maximum atomic E-state index is 6.13. The lowest BCUT2D eigenvalue weighted by Gasteiger charge is -2.31. The number of benzene rings is 2. The molecule has 0 bridgehead atoms. The Labute approximate surface area is 171 Å². The average molecular weight is 392 g/mol. The Morgan fingerprint density at radius 1 is 1.04 bits per heavy atom. The Morgan fingerprint density at radius 2 is 1.71 bits per heavy atom. The third kappa shape index (κ3) is 3.98. The van der Waals surface area contributed by atoms with Crippen molar-refractivity contribution in [3.8, 4) is 11.4 Å². The summed E-state index contributed by atoms with van der Waals surface area (Å²) in [6, 6.07) is 21.2. The van der Waals surface area contributed by atoms with Crippen molar-refractivity contribution in [2.45, 2.75) is 50.5 Å². The van der Waals surface area contributed by atoms with E-state index in [1.54, 1.807) is 11.8 Å². The van der Waals surface area contributed by atoms with E-state index >= 15 is 0 Å². The average Bonchev–Trinajstić information content (AvgIpc) is 2.72. The van der Waals surface area contributed by atoms with Gasteiger partial charge >= 0.3 is 5.82 Å². The molecule has 2 heterocycles. The lowest BCUT2D eigenvalue weighted by atomic mass is 9.95. The lowest BCUT2D eigenvalue weighted by Crippen LogP contribution is -2.49. The highest BCUT2D eigenvalue weighted by Gasteiger charge is 2.36. The lowest BCUT2D eigenvalue weighted by molar-refractivity contribution is -0.697. The second-order valence-electron chi connectivity index (χ2n) is 7.85. The number of hydrogen-bond acceptors (Lipinski definition) is 3. The number of aromatic nitrogens is 2. The van der Waals surface area contributed by atoms with Gasteiger partial charge in [0.25, 0.3) is 0 Å². The maximum Gasteiger partial charge on any atom is 0.331 e. The molecule has 0 saturated carbocycles. The van der Waals surface area contributed by atoms with Crippen molar-refractivity contribution >= 4 is 11.8 Å². The minimum atomic E-state index is -0.160. The van der Waals surface area contributed by atoms with Crippen molar-refractivity contribution in [1.82, 2.24) is 4.98 Å². The molecule has 0 N–H and O–H groups in total. The van der Waals surface area contributed by atoms with Crippen LogP contribution < -0.4 is 4.57 Å². The summed E-state index contributed by atoms with van der Waals surface area (Å²) < 4.78 is 8.56. The molecule has 4 rings (SSSR count). The molecule has 28 heavy (non-hydrogen) atoms. The van der Waals surface area contributed by atoms with Crippen molar-refractivity contribution in [2.24, 2.45) is 0 Å². The van der Waals surface area contributed by atoms with E-state index in [4.69, 9.17) is 9.72 Å². The zero-order chi connectivity index (χ0) is 19.6. The number of fused-ring (bicyclic) bond motifs is 1. The van der Waals surface area contributed by atoms with Crippen LogP contribution in [-0.2, 0) is 30.7 Å². The molecule has 1 aromatic heterocycles. The predicted molar refractivity (Wildman–Crippen MR) is 114 cm³/mol. The van der Waals surface area contributed by atoms with Crippen LogP contribution in [0.4, 0.5) is 0 Å². The SMILES string of the molecule is CSc1nc(-c2ccccc2)[n+](CCc2ccccc2)c2c1COC(C)(C)C2. The first-order valence-electron chi connectivity index (χ1n) is 9.80. The van der Waals surface area contributed by atoms with Gasteiger partial charge in [0.15, 0.2) is 0 Å². The third-order valence-corrected chi connectivity index (χ3v) is 6.01. The smallest absolute Gasteiger partial charge is 0.331 e. The largest absolute Gasteiger partial charge is 0.370 e. The molecule has 2 aromatic carbocycles. The maximum absolute atomic E-state index is 6.13. The summed E-state index contributed by atoms with van der Waals surface area (Å²) in [5, 5.41) is 1.08. The van der Waals surface area contributed by atoms with Gasteiger partial charge in [0, 0.05) is 12.8 Å². The van der Waals surface area contributed by atoms with Gasteiger partial charge in [0.2, 0.25) is 5.03 Å². The second kappa shape index (κ2) is 8.06. The highest BCUT2D eigenvalue weighted by Crippen LogP contribution is 2.32. The van der Waals surface area contributed by atoms with Crippen molar-refractivity contribution in [3.63, 3.8) is 0 Å². The minimum absolute atomic E-state index is 0.160. The fourth-order valence-electron chi connectivity index (χ4n) is 3.81. The van der Waals surface area contributed by atoms with Crippen molar-refractivity contribution in [1.29, 1.82) is 0 Å². The van der Waals surface area contributed by atoms with Crippen LogP contribution in [0.2, 0.25) is 0 Å². The molecular weight excluding hydrogens is 364 g/mol. The fraction of sp³-hybridized carbons (Fsp3) is 0.333. The minimum Gasteiger partial charge on any atom is -0.370 e. The monoisotopic (exact) mass is 391 g/mol.